The highest BCUT2D eigenvalue weighted by Gasteiger charge is 2.30. The second kappa shape index (κ2) is 4.36. The predicted molar refractivity (Wildman–Crippen MR) is 62.0 cm³/mol. The molecule has 0 radical (unpaired) electrons. The summed E-state index contributed by atoms with van der Waals surface area (Å²) >= 11 is 0. The molecule has 1 aliphatic carbocycles. The summed E-state index contributed by atoms with van der Waals surface area (Å²) in [5, 5.41) is 0. The third kappa shape index (κ3) is 2.01. The summed E-state index contributed by atoms with van der Waals surface area (Å²) in [6, 6.07) is 4.44. The Hall–Kier alpha value is -1.18. The number of hydrogen-bond acceptors (Lipinski definition) is 1. The molecule has 16 heavy (non-hydrogen) atoms. The SMILES string of the molecule is Cc1cc(F)ccc1C(=O)C1CCCC1C. The maximum absolute atomic E-state index is 13.0. The molecule has 0 aliphatic heterocycles. The average molecular weight is 220 g/mol. The summed E-state index contributed by atoms with van der Waals surface area (Å²) in [6.45, 7) is 3.93. The van der Waals surface area contributed by atoms with E-state index in [1.807, 2.05) is 0 Å². The average Bonchev–Trinajstić information content (AvgIpc) is 2.63. The van der Waals surface area contributed by atoms with Crippen LogP contribution < -0.4 is 0 Å². The molecule has 1 saturated carbocycles. The van der Waals surface area contributed by atoms with Crippen molar-refractivity contribution in [1.82, 2.24) is 0 Å². The van der Waals surface area contributed by atoms with Crippen LogP contribution in [0.15, 0.2) is 18.2 Å². The topological polar surface area (TPSA) is 17.1 Å². The number of benzene rings is 1. The lowest BCUT2D eigenvalue weighted by atomic mass is 9.88. The molecule has 0 saturated heterocycles. The Kier molecular flexibility index (Phi) is 3.08. The van der Waals surface area contributed by atoms with Gasteiger partial charge in [-0.1, -0.05) is 13.3 Å². The van der Waals surface area contributed by atoms with E-state index >= 15 is 0 Å². The van der Waals surface area contributed by atoms with Crippen molar-refractivity contribution in [2.45, 2.75) is 33.1 Å². The molecule has 0 amide bonds. The maximum Gasteiger partial charge on any atom is 0.166 e. The molecule has 1 aromatic carbocycles. The van der Waals surface area contributed by atoms with Crippen LogP contribution in [-0.4, -0.2) is 5.78 Å². The first-order valence-electron chi connectivity index (χ1n) is 5.90. The molecule has 0 heterocycles. The maximum atomic E-state index is 13.0. The summed E-state index contributed by atoms with van der Waals surface area (Å²) in [5.41, 5.74) is 1.45. The Bertz CT molecular complexity index is 411. The predicted octanol–water partition coefficient (Wildman–Crippen LogP) is 3.75. The number of hydrogen-bond donors (Lipinski definition) is 0. The first kappa shape index (κ1) is 11.3. The number of carbonyl (C=O) groups excluding carboxylic acids is 1. The van der Waals surface area contributed by atoms with Crippen molar-refractivity contribution in [1.29, 1.82) is 0 Å². The van der Waals surface area contributed by atoms with Gasteiger partial charge >= 0.3 is 0 Å². The molecule has 1 aliphatic rings. The van der Waals surface area contributed by atoms with Crippen LogP contribution >= 0.6 is 0 Å². The van der Waals surface area contributed by atoms with Crippen molar-refractivity contribution in [3.63, 3.8) is 0 Å². The third-order valence-electron chi connectivity index (χ3n) is 3.65. The highest BCUT2D eigenvalue weighted by atomic mass is 19.1. The van der Waals surface area contributed by atoms with Crippen molar-refractivity contribution >= 4 is 5.78 Å². The second-order valence-electron chi connectivity index (χ2n) is 4.84. The lowest BCUT2D eigenvalue weighted by Crippen LogP contribution is -2.18. The van der Waals surface area contributed by atoms with E-state index < -0.39 is 0 Å². The molecule has 2 atom stereocenters. The van der Waals surface area contributed by atoms with Crippen molar-refractivity contribution in [2.75, 3.05) is 0 Å². The van der Waals surface area contributed by atoms with Crippen LogP contribution in [0.4, 0.5) is 4.39 Å². The smallest absolute Gasteiger partial charge is 0.166 e. The number of Topliss-reactive ketones (excluding diaryl/α,β-unsaturated/α-hetero) is 1. The van der Waals surface area contributed by atoms with Crippen molar-refractivity contribution in [2.24, 2.45) is 11.8 Å². The minimum Gasteiger partial charge on any atom is -0.294 e. The monoisotopic (exact) mass is 220 g/mol. The second-order valence-corrected chi connectivity index (χ2v) is 4.84. The number of ketones is 1. The van der Waals surface area contributed by atoms with E-state index in [1.54, 1.807) is 13.0 Å². The van der Waals surface area contributed by atoms with Crippen LogP contribution in [0.25, 0.3) is 0 Å². The zero-order chi connectivity index (χ0) is 11.7. The Labute approximate surface area is 95.7 Å². The fourth-order valence-corrected chi connectivity index (χ4v) is 2.64. The van der Waals surface area contributed by atoms with Crippen molar-refractivity contribution in [3.05, 3.63) is 35.1 Å². The van der Waals surface area contributed by atoms with Gasteiger partial charge in [-0.3, -0.25) is 4.79 Å². The molecule has 1 nitrogen and oxygen atoms in total. The van der Waals surface area contributed by atoms with Gasteiger partial charge in [0.05, 0.1) is 0 Å². The largest absolute Gasteiger partial charge is 0.294 e. The zero-order valence-corrected chi connectivity index (χ0v) is 9.79. The van der Waals surface area contributed by atoms with E-state index in [4.69, 9.17) is 0 Å². The summed E-state index contributed by atoms with van der Waals surface area (Å²) < 4.78 is 13.0. The molecule has 2 rings (SSSR count). The van der Waals surface area contributed by atoms with Gasteiger partial charge in [0.25, 0.3) is 0 Å². The minimum atomic E-state index is -0.270. The first-order chi connectivity index (χ1) is 7.59. The van der Waals surface area contributed by atoms with Gasteiger partial charge in [-0.2, -0.15) is 0 Å². The van der Waals surface area contributed by atoms with Gasteiger partial charge in [-0.25, -0.2) is 4.39 Å². The Morgan fingerprint density at radius 2 is 2.12 bits per heavy atom. The van der Waals surface area contributed by atoms with E-state index in [2.05, 4.69) is 6.92 Å². The normalized spacial score (nSPS) is 24.7. The lowest BCUT2D eigenvalue weighted by molar-refractivity contribution is 0.0896. The minimum absolute atomic E-state index is 0.143. The molecule has 0 N–H and O–H groups in total. The van der Waals surface area contributed by atoms with E-state index in [0.717, 1.165) is 24.8 Å². The van der Waals surface area contributed by atoms with E-state index in [-0.39, 0.29) is 17.5 Å². The van der Waals surface area contributed by atoms with Crippen molar-refractivity contribution < 1.29 is 9.18 Å². The highest BCUT2D eigenvalue weighted by Crippen LogP contribution is 2.34. The van der Waals surface area contributed by atoms with Gasteiger partial charge in [0.2, 0.25) is 0 Å². The molecule has 0 bridgehead atoms. The van der Waals surface area contributed by atoms with Crippen LogP contribution in [0.1, 0.15) is 42.1 Å². The van der Waals surface area contributed by atoms with Crippen LogP contribution in [0, 0.1) is 24.6 Å². The number of carbonyl (C=O) groups is 1. The molecule has 2 heteroatoms. The van der Waals surface area contributed by atoms with Gasteiger partial charge in [0, 0.05) is 11.5 Å². The molecule has 86 valence electrons. The molecule has 0 aromatic heterocycles. The van der Waals surface area contributed by atoms with E-state index in [1.165, 1.54) is 12.1 Å². The summed E-state index contributed by atoms with van der Waals surface area (Å²) in [6.07, 6.45) is 3.26. The standard InChI is InChI=1S/C14H17FO/c1-9-4-3-5-12(9)14(16)13-7-6-11(15)8-10(13)2/h6-9,12H,3-5H2,1-2H3. The fraction of sp³-hybridized carbons (Fsp3) is 0.500. The fourth-order valence-electron chi connectivity index (χ4n) is 2.64. The van der Waals surface area contributed by atoms with Gasteiger partial charge in [-0.05, 0) is 49.4 Å². The van der Waals surface area contributed by atoms with Gasteiger partial charge in [0.1, 0.15) is 5.82 Å². The number of rotatable bonds is 2. The van der Waals surface area contributed by atoms with E-state index in [0.29, 0.717) is 11.5 Å². The molecule has 1 fully saturated rings. The van der Waals surface area contributed by atoms with Gasteiger partial charge < -0.3 is 0 Å². The Morgan fingerprint density at radius 1 is 1.38 bits per heavy atom. The van der Waals surface area contributed by atoms with Crippen LogP contribution in [0.3, 0.4) is 0 Å². The number of halogens is 1. The van der Waals surface area contributed by atoms with E-state index in [9.17, 15) is 9.18 Å². The molecular formula is C14H17FO. The van der Waals surface area contributed by atoms with Gasteiger partial charge in [0.15, 0.2) is 5.78 Å². The number of aryl methyl sites for hydroxylation is 1. The lowest BCUT2D eigenvalue weighted by Gasteiger charge is -2.15. The quantitative estimate of drug-likeness (QED) is 0.694. The first-order valence-corrected chi connectivity index (χ1v) is 5.90. The van der Waals surface area contributed by atoms with Crippen LogP contribution in [-0.2, 0) is 0 Å². The third-order valence-corrected chi connectivity index (χ3v) is 3.65. The summed E-state index contributed by atoms with van der Waals surface area (Å²) in [4.78, 5) is 12.3. The van der Waals surface area contributed by atoms with Crippen LogP contribution in [0.5, 0.6) is 0 Å². The van der Waals surface area contributed by atoms with Crippen molar-refractivity contribution in [3.8, 4) is 0 Å². The Morgan fingerprint density at radius 3 is 2.69 bits per heavy atom. The summed E-state index contributed by atoms with van der Waals surface area (Å²) in [5.74, 6) is 0.539. The Balaban J connectivity index is 2.27. The van der Waals surface area contributed by atoms with Crippen LogP contribution in [0.2, 0.25) is 0 Å². The summed E-state index contributed by atoms with van der Waals surface area (Å²) in [7, 11) is 0. The molecule has 2 unspecified atom stereocenters. The molecular weight excluding hydrogens is 203 g/mol. The van der Waals surface area contributed by atoms with Gasteiger partial charge in [-0.15, -0.1) is 0 Å². The highest BCUT2D eigenvalue weighted by molar-refractivity contribution is 5.99. The molecule has 1 aromatic rings. The molecule has 0 spiro atoms. The zero-order valence-electron chi connectivity index (χ0n) is 9.79.